The van der Waals surface area contributed by atoms with Crippen LogP contribution >= 0.6 is 11.3 Å². The van der Waals surface area contributed by atoms with Crippen molar-refractivity contribution in [1.29, 1.82) is 5.26 Å². The summed E-state index contributed by atoms with van der Waals surface area (Å²) >= 11 is 1.37. The number of hydrazone groups is 1. The maximum absolute atomic E-state index is 12.2. The molecule has 8 heteroatoms. The summed E-state index contributed by atoms with van der Waals surface area (Å²) in [7, 11) is 0. The second kappa shape index (κ2) is 9.66. The smallest absolute Gasteiger partial charge is 0.329 e. The second-order valence-corrected chi connectivity index (χ2v) is 7.42. The normalized spacial score (nSPS) is 12.7. The molecule has 1 aliphatic carbocycles. The molecule has 0 saturated carbocycles. The third kappa shape index (κ3) is 4.89. The SMILES string of the molecule is C=CCOc1ccccc1/C=N\NC(=O)C(=O)Nc1sc2c(c1C#N)CCCC2. The Morgan fingerprint density at radius 3 is 2.86 bits per heavy atom. The van der Waals surface area contributed by atoms with Gasteiger partial charge in [-0.15, -0.1) is 11.3 Å². The number of rotatable bonds is 6. The average molecular weight is 408 g/mol. The molecule has 2 aromatic rings. The van der Waals surface area contributed by atoms with Gasteiger partial charge in [-0.2, -0.15) is 10.4 Å². The van der Waals surface area contributed by atoms with E-state index < -0.39 is 11.8 Å². The number of hydrogen-bond donors (Lipinski definition) is 2. The van der Waals surface area contributed by atoms with Gasteiger partial charge in [0.1, 0.15) is 23.4 Å². The molecule has 1 aromatic carbocycles. The van der Waals surface area contributed by atoms with E-state index in [9.17, 15) is 14.9 Å². The molecule has 3 rings (SSSR count). The van der Waals surface area contributed by atoms with Gasteiger partial charge in [0, 0.05) is 10.4 Å². The lowest BCUT2D eigenvalue weighted by atomic mass is 9.96. The van der Waals surface area contributed by atoms with E-state index in [1.807, 2.05) is 6.07 Å². The standard InChI is InChI=1S/C21H20N4O3S/c1-2-11-28-17-9-5-3-7-14(17)13-23-25-20(27)19(26)24-21-16(12-22)15-8-4-6-10-18(15)29-21/h2-3,5,7,9,13H,1,4,6,8,10-11H2,(H,24,26)(H,25,27)/b23-13-. The lowest BCUT2D eigenvalue weighted by Gasteiger charge is -2.09. The van der Waals surface area contributed by atoms with Gasteiger partial charge in [-0.05, 0) is 43.4 Å². The highest BCUT2D eigenvalue weighted by molar-refractivity contribution is 7.16. The second-order valence-electron chi connectivity index (χ2n) is 6.32. The van der Waals surface area contributed by atoms with Gasteiger partial charge >= 0.3 is 11.8 Å². The Labute approximate surface area is 172 Å². The van der Waals surface area contributed by atoms with E-state index in [4.69, 9.17) is 4.74 Å². The summed E-state index contributed by atoms with van der Waals surface area (Å²) in [6.45, 7) is 3.94. The molecule has 7 nitrogen and oxygen atoms in total. The topological polar surface area (TPSA) is 104 Å². The zero-order valence-electron chi connectivity index (χ0n) is 15.7. The van der Waals surface area contributed by atoms with Crippen LogP contribution in [0, 0.1) is 11.3 Å². The maximum Gasteiger partial charge on any atom is 0.329 e. The van der Waals surface area contributed by atoms with Crippen LogP contribution < -0.4 is 15.5 Å². The first kappa shape index (κ1) is 20.3. The summed E-state index contributed by atoms with van der Waals surface area (Å²) in [5, 5.41) is 16.2. The molecule has 0 fully saturated rings. The van der Waals surface area contributed by atoms with Crippen molar-refractivity contribution in [2.24, 2.45) is 5.10 Å². The van der Waals surface area contributed by atoms with E-state index in [2.05, 4.69) is 28.5 Å². The molecule has 1 aromatic heterocycles. The number of thiophene rings is 1. The largest absolute Gasteiger partial charge is 0.489 e. The van der Waals surface area contributed by atoms with E-state index in [1.165, 1.54) is 17.6 Å². The number of amides is 2. The number of hydrogen-bond acceptors (Lipinski definition) is 6. The quantitative estimate of drug-likeness (QED) is 0.332. The predicted octanol–water partition coefficient (Wildman–Crippen LogP) is 3.15. The first-order valence-electron chi connectivity index (χ1n) is 9.15. The molecule has 0 aliphatic heterocycles. The van der Waals surface area contributed by atoms with Gasteiger partial charge in [0.2, 0.25) is 0 Å². The van der Waals surface area contributed by atoms with Crippen molar-refractivity contribution >= 4 is 34.4 Å². The Bertz CT molecular complexity index is 1000. The van der Waals surface area contributed by atoms with Gasteiger partial charge in [-0.1, -0.05) is 24.8 Å². The van der Waals surface area contributed by atoms with Gasteiger partial charge in [-0.3, -0.25) is 9.59 Å². The Kier molecular flexibility index (Phi) is 6.76. The molecular formula is C21H20N4O3S. The van der Waals surface area contributed by atoms with E-state index in [0.717, 1.165) is 36.1 Å². The zero-order valence-corrected chi connectivity index (χ0v) is 16.6. The fraction of sp³-hybridized carbons (Fsp3) is 0.238. The highest BCUT2D eigenvalue weighted by atomic mass is 32.1. The first-order chi connectivity index (χ1) is 14.1. The van der Waals surface area contributed by atoms with Crippen molar-refractivity contribution < 1.29 is 14.3 Å². The van der Waals surface area contributed by atoms with E-state index in [-0.39, 0.29) is 0 Å². The van der Waals surface area contributed by atoms with Crippen LogP contribution in [0.3, 0.4) is 0 Å². The molecule has 0 bridgehead atoms. The van der Waals surface area contributed by atoms with Crippen molar-refractivity contribution in [1.82, 2.24) is 5.43 Å². The van der Waals surface area contributed by atoms with Gasteiger partial charge < -0.3 is 10.1 Å². The van der Waals surface area contributed by atoms with Gasteiger partial charge in [0.15, 0.2) is 0 Å². The molecular weight excluding hydrogens is 388 g/mol. The minimum atomic E-state index is -0.916. The van der Waals surface area contributed by atoms with Crippen LogP contribution in [0.1, 0.15) is 34.4 Å². The Morgan fingerprint density at radius 2 is 2.07 bits per heavy atom. The van der Waals surface area contributed by atoms with Crippen LogP contribution in [-0.4, -0.2) is 24.6 Å². The molecule has 0 saturated heterocycles. The fourth-order valence-electron chi connectivity index (χ4n) is 3.01. The van der Waals surface area contributed by atoms with Gasteiger partial charge in [0.05, 0.1) is 11.8 Å². The maximum atomic E-state index is 12.2. The van der Waals surface area contributed by atoms with Crippen molar-refractivity contribution in [3.63, 3.8) is 0 Å². The summed E-state index contributed by atoms with van der Waals surface area (Å²) in [5.41, 5.74) is 4.30. The third-order valence-electron chi connectivity index (χ3n) is 4.36. The summed E-state index contributed by atoms with van der Waals surface area (Å²) in [4.78, 5) is 25.4. The summed E-state index contributed by atoms with van der Waals surface area (Å²) in [6, 6.07) is 9.30. The highest BCUT2D eigenvalue weighted by Crippen LogP contribution is 2.37. The predicted molar refractivity (Wildman–Crippen MR) is 112 cm³/mol. The lowest BCUT2D eigenvalue weighted by Crippen LogP contribution is -2.32. The first-order valence-corrected chi connectivity index (χ1v) is 9.97. The number of nitriles is 1. The number of anilines is 1. The Hall–Kier alpha value is -3.44. The number of benzene rings is 1. The summed E-state index contributed by atoms with van der Waals surface area (Å²) in [6.07, 6.45) is 6.84. The number of para-hydroxylation sites is 1. The van der Waals surface area contributed by atoms with Crippen LogP contribution in [0.15, 0.2) is 42.0 Å². The monoisotopic (exact) mass is 408 g/mol. The molecule has 148 valence electrons. The number of fused-ring (bicyclic) bond motifs is 1. The number of carbonyl (C=O) groups is 2. The van der Waals surface area contributed by atoms with E-state index >= 15 is 0 Å². The Morgan fingerprint density at radius 1 is 1.28 bits per heavy atom. The summed E-state index contributed by atoms with van der Waals surface area (Å²) in [5.74, 6) is -1.20. The number of ether oxygens (including phenoxy) is 1. The number of nitrogens with zero attached hydrogens (tertiary/aromatic N) is 2. The van der Waals surface area contributed by atoms with Crippen molar-refractivity contribution in [3.05, 3.63) is 58.5 Å². The van der Waals surface area contributed by atoms with Gasteiger partial charge in [0.25, 0.3) is 0 Å². The third-order valence-corrected chi connectivity index (χ3v) is 5.57. The molecule has 0 radical (unpaired) electrons. The molecule has 0 unspecified atom stereocenters. The highest BCUT2D eigenvalue weighted by Gasteiger charge is 2.23. The van der Waals surface area contributed by atoms with Crippen molar-refractivity contribution in [3.8, 4) is 11.8 Å². The fourth-order valence-corrected chi connectivity index (χ4v) is 4.25. The molecule has 0 spiro atoms. The van der Waals surface area contributed by atoms with Gasteiger partial charge in [-0.25, -0.2) is 5.43 Å². The van der Waals surface area contributed by atoms with Crippen LogP contribution in [0.2, 0.25) is 0 Å². The number of carbonyl (C=O) groups excluding carboxylic acids is 2. The summed E-state index contributed by atoms with van der Waals surface area (Å²) < 4.78 is 5.51. The molecule has 0 atom stereocenters. The molecule has 2 amide bonds. The minimum absolute atomic E-state index is 0.339. The van der Waals surface area contributed by atoms with Crippen LogP contribution in [0.5, 0.6) is 5.75 Å². The minimum Gasteiger partial charge on any atom is -0.489 e. The van der Waals surface area contributed by atoms with E-state index in [1.54, 1.807) is 24.3 Å². The van der Waals surface area contributed by atoms with Crippen molar-refractivity contribution in [2.75, 3.05) is 11.9 Å². The van der Waals surface area contributed by atoms with Crippen LogP contribution in [0.25, 0.3) is 0 Å². The molecule has 29 heavy (non-hydrogen) atoms. The average Bonchev–Trinajstić information content (AvgIpc) is 3.09. The Balaban J connectivity index is 1.63. The molecule has 1 heterocycles. The molecule has 1 aliphatic rings. The lowest BCUT2D eigenvalue weighted by molar-refractivity contribution is -0.136. The van der Waals surface area contributed by atoms with Crippen molar-refractivity contribution in [2.45, 2.75) is 25.7 Å². The number of nitrogens with one attached hydrogen (secondary N) is 2. The molecule has 2 N–H and O–H groups in total. The van der Waals surface area contributed by atoms with E-state index in [0.29, 0.717) is 28.5 Å². The van der Waals surface area contributed by atoms with Crippen LogP contribution in [-0.2, 0) is 22.4 Å². The van der Waals surface area contributed by atoms with Crippen LogP contribution in [0.4, 0.5) is 5.00 Å². The zero-order chi connectivity index (χ0) is 20.6. The number of aryl methyl sites for hydroxylation is 1.